The minimum Gasteiger partial charge on any atom is -0.465 e. The molecule has 0 radical (unpaired) electrons. The SMILES string of the molecule is Cc1ccc(CN2CCN(CC3CC3)C[C@@]3(CCCC(=O)N3)C2)o1. The molecule has 1 aromatic rings. The number of piperidine rings is 1. The van der Waals surface area contributed by atoms with Crippen LogP contribution in [0.3, 0.4) is 0 Å². The van der Waals surface area contributed by atoms with Crippen molar-refractivity contribution in [2.45, 2.75) is 51.1 Å². The van der Waals surface area contributed by atoms with Crippen LogP contribution in [-0.4, -0.2) is 54.0 Å². The highest BCUT2D eigenvalue weighted by Gasteiger charge is 2.41. The Bertz CT molecular complexity index is 595. The van der Waals surface area contributed by atoms with E-state index in [9.17, 15) is 4.79 Å². The van der Waals surface area contributed by atoms with Crippen molar-refractivity contribution in [3.63, 3.8) is 0 Å². The van der Waals surface area contributed by atoms with Crippen LogP contribution in [0.4, 0.5) is 0 Å². The zero-order valence-electron chi connectivity index (χ0n) is 14.7. The van der Waals surface area contributed by atoms with Gasteiger partial charge in [0.05, 0.1) is 12.1 Å². The number of rotatable bonds is 4. The third-order valence-electron chi connectivity index (χ3n) is 5.64. The van der Waals surface area contributed by atoms with E-state index in [2.05, 4.69) is 21.2 Å². The van der Waals surface area contributed by atoms with E-state index in [4.69, 9.17) is 4.42 Å². The number of carbonyl (C=O) groups is 1. The predicted molar refractivity (Wildman–Crippen MR) is 92.6 cm³/mol. The average Bonchev–Trinajstić information content (AvgIpc) is 3.27. The summed E-state index contributed by atoms with van der Waals surface area (Å²) in [5.74, 6) is 3.11. The Morgan fingerprint density at radius 2 is 2.04 bits per heavy atom. The monoisotopic (exact) mass is 331 g/mol. The molecule has 3 heterocycles. The summed E-state index contributed by atoms with van der Waals surface area (Å²) in [5.41, 5.74) is -0.0810. The molecule has 0 aromatic carbocycles. The van der Waals surface area contributed by atoms with Gasteiger partial charge in [-0.1, -0.05) is 0 Å². The van der Waals surface area contributed by atoms with Gasteiger partial charge in [0.2, 0.25) is 5.91 Å². The molecule has 1 saturated carbocycles. The second-order valence-electron chi connectivity index (χ2n) is 8.08. The molecule has 1 atom stereocenters. The number of amides is 1. The Kier molecular flexibility index (Phi) is 4.39. The van der Waals surface area contributed by atoms with Crippen molar-refractivity contribution in [2.24, 2.45) is 5.92 Å². The summed E-state index contributed by atoms with van der Waals surface area (Å²) in [4.78, 5) is 17.2. The molecule has 2 aliphatic heterocycles. The van der Waals surface area contributed by atoms with Crippen molar-refractivity contribution in [2.75, 3.05) is 32.7 Å². The van der Waals surface area contributed by atoms with Gasteiger partial charge >= 0.3 is 0 Å². The first-order chi connectivity index (χ1) is 11.6. The molecule has 1 amide bonds. The number of hydrogen-bond acceptors (Lipinski definition) is 4. The van der Waals surface area contributed by atoms with Crippen LogP contribution in [0.1, 0.15) is 43.6 Å². The summed E-state index contributed by atoms with van der Waals surface area (Å²) in [6.45, 7) is 8.10. The molecule has 0 unspecified atom stereocenters. The molecule has 1 aromatic heterocycles. The van der Waals surface area contributed by atoms with Crippen molar-refractivity contribution in [3.05, 3.63) is 23.7 Å². The molecule has 3 aliphatic rings. The fourth-order valence-electron chi connectivity index (χ4n) is 4.34. The molecular formula is C19H29N3O2. The van der Waals surface area contributed by atoms with Gasteiger partial charge in [-0.3, -0.25) is 14.6 Å². The van der Waals surface area contributed by atoms with Gasteiger partial charge in [0, 0.05) is 39.1 Å². The molecule has 2 saturated heterocycles. The van der Waals surface area contributed by atoms with Crippen LogP contribution in [0.25, 0.3) is 0 Å². The summed E-state index contributed by atoms with van der Waals surface area (Å²) >= 11 is 0. The van der Waals surface area contributed by atoms with Crippen molar-refractivity contribution in [1.82, 2.24) is 15.1 Å². The van der Waals surface area contributed by atoms with Crippen molar-refractivity contribution in [1.29, 1.82) is 0 Å². The number of carbonyl (C=O) groups excluding carboxylic acids is 1. The minimum absolute atomic E-state index is 0.0810. The summed E-state index contributed by atoms with van der Waals surface area (Å²) in [7, 11) is 0. The molecule has 132 valence electrons. The molecule has 4 rings (SSSR count). The van der Waals surface area contributed by atoms with Gasteiger partial charge in [-0.05, 0) is 50.7 Å². The molecule has 3 fully saturated rings. The van der Waals surface area contributed by atoms with Crippen molar-refractivity contribution >= 4 is 5.91 Å². The maximum Gasteiger partial charge on any atom is 0.220 e. The van der Waals surface area contributed by atoms with E-state index in [-0.39, 0.29) is 11.4 Å². The standard InChI is InChI=1S/C19H29N3O2/c1-15-4-7-17(24-15)12-22-10-9-21(11-16-5-6-16)13-19(14-22)8-2-3-18(23)20-19/h4,7,16H,2-3,5-6,8-14H2,1H3,(H,20,23)/t19-/m0/s1. The molecule has 24 heavy (non-hydrogen) atoms. The molecule has 1 aliphatic carbocycles. The molecule has 5 heteroatoms. The van der Waals surface area contributed by atoms with Crippen molar-refractivity contribution < 1.29 is 9.21 Å². The second-order valence-corrected chi connectivity index (χ2v) is 8.08. The largest absolute Gasteiger partial charge is 0.465 e. The Morgan fingerprint density at radius 3 is 2.75 bits per heavy atom. The fraction of sp³-hybridized carbons (Fsp3) is 0.737. The highest BCUT2D eigenvalue weighted by molar-refractivity contribution is 5.77. The number of nitrogens with zero attached hydrogens (tertiary/aromatic N) is 2. The maximum absolute atomic E-state index is 12.1. The highest BCUT2D eigenvalue weighted by Crippen LogP contribution is 2.32. The van der Waals surface area contributed by atoms with E-state index in [1.54, 1.807) is 0 Å². The van der Waals surface area contributed by atoms with Crippen LogP contribution in [0, 0.1) is 12.8 Å². The lowest BCUT2D eigenvalue weighted by Gasteiger charge is -2.41. The Balaban J connectivity index is 1.49. The van der Waals surface area contributed by atoms with Gasteiger partial charge in [-0.25, -0.2) is 0 Å². The lowest BCUT2D eigenvalue weighted by molar-refractivity contribution is -0.125. The fourth-order valence-corrected chi connectivity index (χ4v) is 4.34. The van der Waals surface area contributed by atoms with Gasteiger partial charge in [-0.2, -0.15) is 0 Å². The first-order valence-electron chi connectivity index (χ1n) is 9.41. The van der Waals surface area contributed by atoms with E-state index in [0.717, 1.165) is 63.0 Å². The molecule has 0 bridgehead atoms. The Labute approximate surface area is 144 Å². The highest BCUT2D eigenvalue weighted by atomic mass is 16.3. The van der Waals surface area contributed by atoms with E-state index in [1.807, 2.05) is 13.0 Å². The number of aryl methyl sites for hydroxylation is 1. The topological polar surface area (TPSA) is 48.7 Å². The smallest absolute Gasteiger partial charge is 0.220 e. The third kappa shape index (κ3) is 3.83. The normalized spacial score (nSPS) is 29.6. The van der Waals surface area contributed by atoms with Crippen LogP contribution < -0.4 is 5.32 Å². The first kappa shape index (κ1) is 16.2. The third-order valence-corrected chi connectivity index (χ3v) is 5.64. The summed E-state index contributed by atoms with van der Waals surface area (Å²) in [6.07, 6.45) is 5.54. The van der Waals surface area contributed by atoms with E-state index < -0.39 is 0 Å². The Hall–Kier alpha value is -1.33. The molecule has 5 nitrogen and oxygen atoms in total. The second kappa shape index (κ2) is 6.52. The lowest BCUT2D eigenvalue weighted by atomic mass is 9.87. The average molecular weight is 331 g/mol. The number of furan rings is 1. The molecular weight excluding hydrogens is 302 g/mol. The zero-order valence-corrected chi connectivity index (χ0v) is 14.7. The lowest BCUT2D eigenvalue weighted by Crippen LogP contribution is -2.61. The Morgan fingerprint density at radius 1 is 1.25 bits per heavy atom. The maximum atomic E-state index is 12.1. The summed E-state index contributed by atoms with van der Waals surface area (Å²) < 4.78 is 5.78. The van der Waals surface area contributed by atoms with Crippen molar-refractivity contribution in [3.8, 4) is 0 Å². The zero-order chi connectivity index (χ0) is 16.6. The van der Waals surface area contributed by atoms with Gasteiger partial charge in [0.15, 0.2) is 0 Å². The molecule has 1 N–H and O–H groups in total. The first-order valence-corrected chi connectivity index (χ1v) is 9.41. The van der Waals surface area contributed by atoms with Crippen LogP contribution in [-0.2, 0) is 11.3 Å². The number of hydrogen-bond donors (Lipinski definition) is 1. The molecule has 1 spiro atoms. The minimum atomic E-state index is -0.0810. The predicted octanol–water partition coefficient (Wildman–Crippen LogP) is 2.15. The summed E-state index contributed by atoms with van der Waals surface area (Å²) in [6, 6.07) is 4.11. The van der Waals surface area contributed by atoms with Crippen LogP contribution in [0.5, 0.6) is 0 Å². The van der Waals surface area contributed by atoms with Crippen LogP contribution in [0.2, 0.25) is 0 Å². The van der Waals surface area contributed by atoms with Gasteiger partial charge in [-0.15, -0.1) is 0 Å². The van der Waals surface area contributed by atoms with Gasteiger partial charge < -0.3 is 9.73 Å². The van der Waals surface area contributed by atoms with E-state index in [0.29, 0.717) is 6.42 Å². The quantitative estimate of drug-likeness (QED) is 0.918. The van der Waals surface area contributed by atoms with Gasteiger partial charge in [0.1, 0.15) is 11.5 Å². The number of nitrogens with one attached hydrogen (secondary N) is 1. The van der Waals surface area contributed by atoms with Crippen LogP contribution >= 0.6 is 0 Å². The van der Waals surface area contributed by atoms with E-state index >= 15 is 0 Å². The van der Waals surface area contributed by atoms with Crippen LogP contribution in [0.15, 0.2) is 16.5 Å². The van der Waals surface area contributed by atoms with E-state index in [1.165, 1.54) is 19.4 Å². The summed E-state index contributed by atoms with van der Waals surface area (Å²) in [5, 5.41) is 3.36. The van der Waals surface area contributed by atoms with Gasteiger partial charge in [0.25, 0.3) is 0 Å².